The van der Waals surface area contributed by atoms with Crippen LogP contribution >= 0.6 is 0 Å². The van der Waals surface area contributed by atoms with E-state index in [1.54, 1.807) is 18.6 Å². The molecule has 5 nitrogen and oxygen atoms in total. The maximum absolute atomic E-state index is 12.8. The molecule has 0 saturated carbocycles. The average Bonchev–Trinajstić information content (AvgIpc) is 3.35. The van der Waals surface area contributed by atoms with Gasteiger partial charge < -0.3 is 9.30 Å². The Labute approximate surface area is 221 Å². The Balaban J connectivity index is 1.34. The first kappa shape index (κ1) is 26.3. The molecule has 0 bridgehead atoms. The van der Waals surface area contributed by atoms with Gasteiger partial charge in [-0.05, 0) is 72.0 Å². The third-order valence-electron chi connectivity index (χ3n) is 5.95. The van der Waals surface area contributed by atoms with Crippen LogP contribution in [0, 0.1) is 0 Å². The second-order valence-corrected chi connectivity index (χ2v) is 10.2. The summed E-state index contributed by atoms with van der Waals surface area (Å²) in [5, 5.41) is 0. The van der Waals surface area contributed by atoms with Crippen LogP contribution in [-0.4, -0.2) is 26.2 Å². The Morgan fingerprint density at radius 1 is 1.00 bits per heavy atom. The van der Waals surface area contributed by atoms with E-state index in [1.807, 2.05) is 78.2 Å². The highest BCUT2D eigenvalue weighted by atomic mass is 32.2. The number of nitrogens with zero attached hydrogens (tertiary/aromatic N) is 2. The van der Waals surface area contributed by atoms with Gasteiger partial charge >= 0.3 is 0 Å². The van der Waals surface area contributed by atoms with E-state index in [1.165, 1.54) is 0 Å². The normalized spacial score (nSPS) is 12.1. The lowest BCUT2D eigenvalue weighted by molar-refractivity contribution is -0.113. The summed E-state index contributed by atoms with van der Waals surface area (Å²) >= 11 is 0. The highest BCUT2D eigenvalue weighted by Gasteiger charge is 2.10. The lowest BCUT2D eigenvalue weighted by Gasteiger charge is -2.07. The summed E-state index contributed by atoms with van der Waals surface area (Å²) in [6.07, 6.45) is 8.34. The van der Waals surface area contributed by atoms with E-state index in [-0.39, 0.29) is 5.78 Å². The monoisotopic (exact) mass is 512 g/mol. The minimum Gasteiger partial charge on any atom is -0.494 e. The van der Waals surface area contributed by atoms with Gasteiger partial charge in [0.15, 0.2) is 5.78 Å². The fourth-order valence-electron chi connectivity index (χ4n) is 4.07. The van der Waals surface area contributed by atoms with Crippen LogP contribution in [0.5, 0.6) is 5.75 Å². The largest absolute Gasteiger partial charge is 0.494 e. The minimum atomic E-state index is -1.16. The van der Waals surface area contributed by atoms with E-state index >= 15 is 0 Å². The van der Waals surface area contributed by atoms with Crippen molar-refractivity contribution in [3.63, 3.8) is 0 Å². The number of ether oxygens (including phenoxy) is 1. The number of hydrogen-bond acceptors (Lipinski definition) is 4. The first-order valence-corrected chi connectivity index (χ1v) is 13.9. The molecule has 37 heavy (non-hydrogen) atoms. The molecule has 4 rings (SSSR count). The first-order valence-electron chi connectivity index (χ1n) is 12.6. The summed E-state index contributed by atoms with van der Waals surface area (Å²) in [6, 6.07) is 23.6. The quantitative estimate of drug-likeness (QED) is 0.204. The van der Waals surface area contributed by atoms with Gasteiger partial charge in [-0.1, -0.05) is 55.5 Å². The van der Waals surface area contributed by atoms with Gasteiger partial charge in [-0.2, -0.15) is 0 Å². The van der Waals surface area contributed by atoms with Gasteiger partial charge in [-0.15, -0.1) is 0 Å². The smallest absolute Gasteiger partial charge is 0.160 e. The standard InChI is InChI=1S/C31H32N2O3S/c1-3-18-33-23-32-21-28(33)22-37(35)31-16-9-25(10-17-31)20-29(34)13-8-24-6-5-7-27(19-24)26-11-14-30(15-12-26)36-4-2/h5-17,19,21,23H,3-4,18,20,22H2,1-2H3/b13-8+/t37-/m0/s1. The van der Waals surface area contributed by atoms with Crippen LogP contribution in [-0.2, 0) is 34.3 Å². The van der Waals surface area contributed by atoms with Crippen molar-refractivity contribution < 1.29 is 13.7 Å². The number of ketones is 1. The average molecular weight is 513 g/mol. The van der Waals surface area contributed by atoms with Crippen molar-refractivity contribution in [2.75, 3.05) is 6.61 Å². The fraction of sp³-hybridized carbons (Fsp3) is 0.226. The zero-order chi connectivity index (χ0) is 26.0. The van der Waals surface area contributed by atoms with E-state index in [0.29, 0.717) is 18.8 Å². The van der Waals surface area contributed by atoms with Crippen molar-refractivity contribution in [1.29, 1.82) is 0 Å². The molecule has 0 N–H and O–H groups in total. The summed E-state index contributed by atoms with van der Waals surface area (Å²) in [4.78, 5) is 17.5. The van der Waals surface area contributed by atoms with Crippen LogP contribution in [0.1, 0.15) is 37.1 Å². The molecule has 1 atom stereocenters. The van der Waals surface area contributed by atoms with Gasteiger partial charge in [0.2, 0.25) is 0 Å². The maximum atomic E-state index is 12.8. The minimum absolute atomic E-state index is 0.0174. The van der Waals surface area contributed by atoms with Crippen molar-refractivity contribution in [2.24, 2.45) is 0 Å². The number of rotatable bonds is 12. The molecule has 0 aliphatic heterocycles. The lowest BCUT2D eigenvalue weighted by atomic mass is 10.0. The van der Waals surface area contributed by atoms with Crippen LogP contribution in [0.3, 0.4) is 0 Å². The SMILES string of the molecule is CCCn1cncc1C[S@](=O)c1ccc(CC(=O)/C=C/c2cccc(-c3ccc(OCC)cc3)c2)cc1. The van der Waals surface area contributed by atoms with E-state index in [0.717, 1.165) is 51.6 Å². The summed E-state index contributed by atoms with van der Waals surface area (Å²) in [7, 11) is -1.16. The molecule has 0 aliphatic carbocycles. The van der Waals surface area contributed by atoms with Gasteiger partial charge in [0, 0.05) is 24.1 Å². The first-order chi connectivity index (χ1) is 18.1. The van der Waals surface area contributed by atoms with Crippen molar-refractivity contribution in [3.8, 4) is 16.9 Å². The van der Waals surface area contributed by atoms with Gasteiger partial charge in [-0.3, -0.25) is 9.00 Å². The second-order valence-electron chi connectivity index (χ2n) is 8.77. The molecule has 0 amide bonds. The molecular formula is C31H32N2O3S. The number of hydrogen-bond donors (Lipinski definition) is 0. The molecule has 6 heteroatoms. The molecule has 0 spiro atoms. The zero-order valence-electron chi connectivity index (χ0n) is 21.3. The third kappa shape index (κ3) is 7.37. The number of aryl methyl sites for hydroxylation is 1. The van der Waals surface area contributed by atoms with Crippen molar-refractivity contribution in [2.45, 2.75) is 43.9 Å². The van der Waals surface area contributed by atoms with Crippen LogP contribution in [0.25, 0.3) is 17.2 Å². The molecular weight excluding hydrogens is 480 g/mol. The molecule has 0 fully saturated rings. The van der Waals surface area contributed by atoms with Crippen LogP contribution < -0.4 is 4.74 Å². The Bertz CT molecular complexity index is 1370. The Hall–Kier alpha value is -3.77. The van der Waals surface area contributed by atoms with Gasteiger partial charge in [0.05, 0.1) is 35.2 Å². The number of allylic oxidation sites excluding steroid dienone is 1. The van der Waals surface area contributed by atoms with E-state index in [4.69, 9.17) is 4.74 Å². The number of carbonyl (C=O) groups excluding carboxylic acids is 1. The Morgan fingerprint density at radius 3 is 2.51 bits per heavy atom. The zero-order valence-corrected chi connectivity index (χ0v) is 22.1. The lowest BCUT2D eigenvalue weighted by Crippen LogP contribution is -2.05. The van der Waals surface area contributed by atoms with Gasteiger partial charge in [0.25, 0.3) is 0 Å². The van der Waals surface area contributed by atoms with Crippen molar-refractivity contribution >= 4 is 22.7 Å². The van der Waals surface area contributed by atoms with Gasteiger partial charge in [0.1, 0.15) is 5.75 Å². The van der Waals surface area contributed by atoms with Crippen LogP contribution in [0.4, 0.5) is 0 Å². The molecule has 0 unspecified atom stereocenters. The van der Waals surface area contributed by atoms with E-state index in [9.17, 15) is 9.00 Å². The summed E-state index contributed by atoms with van der Waals surface area (Å²) in [6.45, 7) is 5.59. The molecule has 0 aliphatic rings. The Kier molecular flexibility index (Phi) is 9.22. The molecule has 0 saturated heterocycles. The topological polar surface area (TPSA) is 61.2 Å². The van der Waals surface area contributed by atoms with Crippen LogP contribution in [0.15, 0.2) is 96.3 Å². The molecule has 1 heterocycles. The molecule has 4 aromatic rings. The van der Waals surface area contributed by atoms with Crippen LogP contribution in [0.2, 0.25) is 0 Å². The second kappa shape index (κ2) is 13.0. The highest BCUT2D eigenvalue weighted by Crippen LogP contribution is 2.24. The number of carbonyl (C=O) groups is 1. The predicted octanol–water partition coefficient (Wildman–Crippen LogP) is 6.49. The highest BCUT2D eigenvalue weighted by molar-refractivity contribution is 7.84. The maximum Gasteiger partial charge on any atom is 0.160 e. The molecule has 1 aromatic heterocycles. The van der Waals surface area contributed by atoms with E-state index in [2.05, 4.69) is 24.0 Å². The summed E-state index contributed by atoms with van der Waals surface area (Å²) < 4.78 is 20.4. The predicted molar refractivity (Wildman–Crippen MR) is 150 cm³/mol. The molecule has 190 valence electrons. The van der Waals surface area contributed by atoms with E-state index < -0.39 is 10.8 Å². The third-order valence-corrected chi connectivity index (χ3v) is 7.31. The number of aromatic nitrogens is 2. The summed E-state index contributed by atoms with van der Waals surface area (Å²) in [5.74, 6) is 1.30. The molecule has 0 radical (unpaired) electrons. The van der Waals surface area contributed by atoms with Crippen molar-refractivity contribution in [3.05, 3.63) is 108 Å². The number of benzene rings is 3. The summed E-state index contributed by atoms with van der Waals surface area (Å²) in [5.41, 5.74) is 5.01. The van der Waals surface area contributed by atoms with Gasteiger partial charge in [-0.25, -0.2) is 4.98 Å². The Morgan fingerprint density at radius 2 is 1.78 bits per heavy atom. The molecule has 3 aromatic carbocycles. The number of imidazole rings is 1. The fourth-order valence-corrected chi connectivity index (χ4v) is 5.18. The van der Waals surface area contributed by atoms with Crippen molar-refractivity contribution in [1.82, 2.24) is 9.55 Å².